The molecule has 34 heavy (non-hydrogen) atoms. The van der Waals surface area contributed by atoms with Crippen LogP contribution in [0.3, 0.4) is 0 Å². The first-order chi connectivity index (χ1) is 16.0. The number of benzene rings is 3. The van der Waals surface area contributed by atoms with E-state index in [0.29, 0.717) is 22.3 Å². The zero-order valence-electron chi connectivity index (χ0n) is 17.4. The molecule has 1 heterocycles. The van der Waals surface area contributed by atoms with Crippen molar-refractivity contribution < 1.29 is 48.9 Å². The molecule has 4 rings (SSSR count). The van der Waals surface area contributed by atoms with E-state index in [2.05, 4.69) is 8.37 Å². The Morgan fingerprint density at radius 2 is 1.12 bits per heavy atom. The quantitative estimate of drug-likeness (QED) is 0.327. The van der Waals surface area contributed by atoms with E-state index in [1.54, 1.807) is 24.3 Å². The molecule has 0 saturated heterocycles. The molecule has 1 aliphatic heterocycles. The van der Waals surface area contributed by atoms with Crippen molar-refractivity contribution in [2.75, 3.05) is 7.11 Å². The molecule has 180 valence electrons. The van der Waals surface area contributed by atoms with E-state index >= 15 is 0 Å². The monoisotopic (exact) mass is 510 g/mol. The molecule has 0 spiro atoms. The van der Waals surface area contributed by atoms with Crippen LogP contribution in [0.1, 0.15) is 27.0 Å². The third kappa shape index (κ3) is 5.18. The van der Waals surface area contributed by atoms with E-state index < -0.39 is 32.4 Å². The largest absolute Gasteiger partial charge is 0.446 e. The Bertz CT molecular complexity index is 1320. The predicted octanol–water partition coefficient (Wildman–Crippen LogP) is 2.12. The van der Waals surface area contributed by atoms with Crippen molar-refractivity contribution in [1.82, 2.24) is 0 Å². The number of carbonyl (C=O) groups excluding carboxylic acids is 1. The Hall–Kier alpha value is -3.49. The fourth-order valence-electron chi connectivity index (χ4n) is 3.55. The number of ether oxygens (including phenoxy) is 1. The zero-order chi connectivity index (χ0) is 25.1. The minimum Gasteiger partial charge on any atom is -0.441 e. The lowest BCUT2D eigenvalue weighted by atomic mass is 9.80. The number of carbonyl (C=O) groups is 1. The maximum Gasteiger partial charge on any atom is 0.446 e. The van der Waals surface area contributed by atoms with Crippen LogP contribution >= 0.6 is 0 Å². The van der Waals surface area contributed by atoms with Crippen LogP contribution in [-0.4, -0.2) is 44.1 Å². The predicted molar refractivity (Wildman–Crippen MR) is 117 cm³/mol. The number of hydrogen-bond donors (Lipinski definition) is 3. The smallest absolute Gasteiger partial charge is 0.441 e. The minimum absolute atomic E-state index is 0.166. The van der Waals surface area contributed by atoms with Crippen LogP contribution in [-0.2, 0) is 31.1 Å². The van der Waals surface area contributed by atoms with Gasteiger partial charge in [-0.2, -0.15) is 16.8 Å². The molecule has 0 atom stereocenters. The standard InChI is InChI=1S/C20H14O10S2.CH4O/c21-19-17-3-1-2-4-18(17)20(28-19,13-5-9-15(10-6-13)29-31(22,23)24)14-7-11-16(12-8-14)30-32(25,26)27;1-2/h1-12H,(H,22,23,24)(H,25,26,27);2H,1H3. The number of hydrogen-bond acceptors (Lipinski definition) is 9. The number of aliphatic hydroxyl groups is 1. The molecule has 0 saturated carbocycles. The molecule has 0 aliphatic carbocycles. The number of aliphatic hydroxyl groups excluding tert-OH is 1. The van der Waals surface area contributed by atoms with Crippen molar-refractivity contribution in [3.05, 3.63) is 95.1 Å². The molecule has 3 N–H and O–H groups in total. The van der Waals surface area contributed by atoms with Crippen molar-refractivity contribution >= 4 is 26.8 Å². The molecule has 0 unspecified atom stereocenters. The Labute approximate surface area is 195 Å². The average Bonchev–Trinajstić information content (AvgIpc) is 3.08. The second-order valence-corrected chi connectivity index (χ2v) is 8.73. The highest BCUT2D eigenvalue weighted by Crippen LogP contribution is 2.47. The Kier molecular flexibility index (Phi) is 6.95. The second kappa shape index (κ2) is 9.40. The number of rotatable bonds is 6. The number of cyclic esters (lactones) is 1. The van der Waals surface area contributed by atoms with Gasteiger partial charge in [0.2, 0.25) is 0 Å². The maximum absolute atomic E-state index is 12.6. The summed E-state index contributed by atoms with van der Waals surface area (Å²) in [5.74, 6) is -0.932. The van der Waals surface area contributed by atoms with Crippen LogP contribution in [0.5, 0.6) is 11.5 Å². The molecule has 3 aromatic carbocycles. The van der Waals surface area contributed by atoms with Crippen molar-refractivity contribution in [3.8, 4) is 11.5 Å². The molecule has 0 fully saturated rings. The normalized spacial score (nSPS) is 14.3. The third-order valence-electron chi connectivity index (χ3n) is 4.70. The van der Waals surface area contributed by atoms with E-state index in [-0.39, 0.29) is 11.5 Å². The first kappa shape index (κ1) is 25.1. The molecule has 11 nitrogen and oxygen atoms in total. The summed E-state index contributed by atoms with van der Waals surface area (Å²) in [6.07, 6.45) is 0. The van der Waals surface area contributed by atoms with E-state index in [0.717, 1.165) is 7.11 Å². The maximum atomic E-state index is 12.6. The zero-order valence-corrected chi connectivity index (χ0v) is 19.0. The molecule has 1 aliphatic rings. The summed E-state index contributed by atoms with van der Waals surface area (Å²) >= 11 is 0. The Morgan fingerprint density at radius 1 is 0.706 bits per heavy atom. The van der Waals surface area contributed by atoms with E-state index in [4.69, 9.17) is 18.9 Å². The van der Waals surface area contributed by atoms with Gasteiger partial charge < -0.3 is 18.2 Å². The topological polar surface area (TPSA) is 174 Å². The SMILES string of the molecule is CO.O=C1OC(c2ccc(OS(=O)(=O)O)cc2)(c2ccc(OS(=O)(=O)O)cc2)c2ccccc21. The van der Waals surface area contributed by atoms with Gasteiger partial charge in [0.1, 0.15) is 11.5 Å². The van der Waals surface area contributed by atoms with Gasteiger partial charge in [-0.05, 0) is 30.3 Å². The summed E-state index contributed by atoms with van der Waals surface area (Å²) in [6.45, 7) is 0. The highest BCUT2D eigenvalue weighted by atomic mass is 32.3. The first-order valence-electron chi connectivity index (χ1n) is 9.30. The molecule has 0 aromatic heterocycles. The summed E-state index contributed by atoms with van der Waals surface area (Å²) in [5.41, 5.74) is 0.186. The van der Waals surface area contributed by atoms with Crippen LogP contribution in [0.4, 0.5) is 0 Å². The van der Waals surface area contributed by atoms with Gasteiger partial charge in [0.15, 0.2) is 5.60 Å². The summed E-state index contributed by atoms with van der Waals surface area (Å²) in [6, 6.07) is 17.6. The lowest BCUT2D eigenvalue weighted by Crippen LogP contribution is -2.29. The summed E-state index contributed by atoms with van der Waals surface area (Å²) < 4.78 is 76.2. The Morgan fingerprint density at radius 3 is 1.53 bits per heavy atom. The van der Waals surface area contributed by atoms with Crippen molar-refractivity contribution in [2.24, 2.45) is 0 Å². The van der Waals surface area contributed by atoms with Gasteiger partial charge >= 0.3 is 26.8 Å². The molecule has 13 heteroatoms. The molecule has 0 amide bonds. The lowest BCUT2D eigenvalue weighted by molar-refractivity contribution is 0.0251. The van der Waals surface area contributed by atoms with Crippen LogP contribution in [0.15, 0.2) is 72.8 Å². The van der Waals surface area contributed by atoms with Gasteiger partial charge in [-0.25, -0.2) is 4.79 Å². The fraction of sp³-hybridized carbons (Fsp3) is 0.0952. The lowest BCUT2D eigenvalue weighted by Gasteiger charge is -2.30. The average molecular weight is 510 g/mol. The molecule has 3 aromatic rings. The van der Waals surface area contributed by atoms with Gasteiger partial charge in [0.25, 0.3) is 0 Å². The van der Waals surface area contributed by atoms with Crippen LogP contribution in [0.25, 0.3) is 0 Å². The van der Waals surface area contributed by atoms with Gasteiger partial charge in [-0.1, -0.05) is 42.5 Å². The van der Waals surface area contributed by atoms with Gasteiger partial charge in [-0.15, -0.1) is 0 Å². The highest BCUT2D eigenvalue weighted by molar-refractivity contribution is 7.81. The molecular weight excluding hydrogens is 492 g/mol. The van der Waals surface area contributed by atoms with E-state index in [1.807, 2.05) is 0 Å². The van der Waals surface area contributed by atoms with Crippen molar-refractivity contribution in [2.45, 2.75) is 5.60 Å². The van der Waals surface area contributed by atoms with Crippen LogP contribution in [0.2, 0.25) is 0 Å². The van der Waals surface area contributed by atoms with Crippen LogP contribution in [0, 0.1) is 0 Å². The van der Waals surface area contributed by atoms with Crippen LogP contribution < -0.4 is 8.37 Å². The molecule has 0 bridgehead atoms. The van der Waals surface area contributed by atoms with Gasteiger partial charge in [0, 0.05) is 23.8 Å². The molecule has 0 radical (unpaired) electrons. The first-order valence-corrected chi connectivity index (χ1v) is 12.0. The number of esters is 1. The van der Waals surface area contributed by atoms with E-state index in [9.17, 15) is 21.6 Å². The fourth-order valence-corrected chi connectivity index (χ4v) is 4.25. The van der Waals surface area contributed by atoms with Crippen molar-refractivity contribution in [1.29, 1.82) is 0 Å². The minimum atomic E-state index is -4.72. The van der Waals surface area contributed by atoms with Gasteiger partial charge in [0.05, 0.1) is 5.56 Å². The summed E-state index contributed by atoms with van der Waals surface area (Å²) in [4.78, 5) is 12.6. The second-order valence-electron chi connectivity index (χ2n) is 6.69. The highest BCUT2D eigenvalue weighted by Gasteiger charge is 2.48. The summed E-state index contributed by atoms with van der Waals surface area (Å²) in [7, 11) is -8.44. The third-order valence-corrected chi connectivity index (χ3v) is 5.50. The van der Waals surface area contributed by atoms with Gasteiger partial charge in [-0.3, -0.25) is 9.11 Å². The Balaban J connectivity index is 0.00000158. The van der Waals surface area contributed by atoms with E-state index in [1.165, 1.54) is 48.5 Å². The molecular formula is C21H18O11S2. The number of fused-ring (bicyclic) bond motifs is 1. The van der Waals surface area contributed by atoms with Crippen molar-refractivity contribution in [3.63, 3.8) is 0 Å². The summed E-state index contributed by atoms with van der Waals surface area (Å²) in [5, 5.41) is 7.00.